The number of hydrogen-bond donors (Lipinski definition) is 0. The number of hydrogen-bond acceptors (Lipinski definition) is 3. The number of benzene rings is 2. The summed E-state index contributed by atoms with van der Waals surface area (Å²) in [4.78, 5) is 1.21. The second-order valence-corrected chi connectivity index (χ2v) is 6.01. The van der Waals surface area contributed by atoms with Gasteiger partial charge in [0.25, 0.3) is 0 Å². The number of ether oxygens (including phenoxy) is 1. The Hall–Kier alpha value is -1.16. The molecule has 0 amide bonds. The average Bonchev–Trinajstić information content (AvgIpc) is 2.39. The van der Waals surface area contributed by atoms with Gasteiger partial charge in [0.2, 0.25) is 0 Å². The fraction of sp³-hybridized carbons (Fsp3) is 0.200. The summed E-state index contributed by atoms with van der Waals surface area (Å²) in [6.45, 7) is 0. The average molecular weight is 294 g/mol. The molecule has 0 bridgehead atoms. The predicted octanol–water partition coefficient (Wildman–Crippen LogP) is 4.58. The second-order valence-electron chi connectivity index (χ2n) is 4.25. The number of methoxy groups -OCH3 is 1. The van der Waals surface area contributed by atoms with Crippen molar-refractivity contribution in [2.75, 3.05) is 21.2 Å². The normalized spacial score (nSPS) is 10.8. The lowest BCUT2D eigenvalue weighted by molar-refractivity contribution is 0.415. The molecule has 2 aromatic rings. The molecule has 0 N–H and O–H groups in total. The lowest BCUT2D eigenvalue weighted by Crippen LogP contribution is -1.99. The van der Waals surface area contributed by atoms with Crippen LogP contribution in [0.4, 0.5) is 0 Å². The van der Waals surface area contributed by atoms with Gasteiger partial charge in [-0.25, -0.2) is 0 Å². The van der Waals surface area contributed by atoms with Crippen LogP contribution in [0.25, 0.3) is 11.1 Å². The Morgan fingerprint density at radius 1 is 1.11 bits per heavy atom. The van der Waals surface area contributed by atoms with Crippen molar-refractivity contribution in [3.8, 4) is 16.9 Å². The smallest absolute Gasteiger partial charge is 0.138 e. The summed E-state index contributed by atoms with van der Waals surface area (Å²) in [6.07, 6.45) is 0. The van der Waals surface area contributed by atoms with Gasteiger partial charge in [0.05, 0.1) is 12.1 Å². The van der Waals surface area contributed by atoms with E-state index in [0.29, 0.717) is 10.8 Å². The van der Waals surface area contributed by atoms with Crippen molar-refractivity contribution in [1.29, 1.82) is 0 Å². The molecule has 0 atom stereocenters. The zero-order valence-electron chi connectivity index (χ0n) is 11.2. The summed E-state index contributed by atoms with van der Waals surface area (Å²) in [6, 6.07) is 14.2. The third kappa shape index (κ3) is 3.44. The standard InChI is InChI=1S/C15H16ClNOS/c1-17(2)19-15-7-5-4-6-12(15)11-8-9-13(16)14(10-11)18-3/h4-10H,1-3H3. The van der Waals surface area contributed by atoms with Crippen LogP contribution in [-0.2, 0) is 0 Å². The van der Waals surface area contributed by atoms with E-state index in [1.165, 1.54) is 10.5 Å². The largest absolute Gasteiger partial charge is 0.495 e. The molecule has 0 aliphatic heterocycles. The van der Waals surface area contributed by atoms with Gasteiger partial charge in [0.15, 0.2) is 0 Å². The highest BCUT2D eigenvalue weighted by Crippen LogP contribution is 2.35. The van der Waals surface area contributed by atoms with Gasteiger partial charge in [-0.05, 0) is 55.4 Å². The Labute approximate surface area is 123 Å². The van der Waals surface area contributed by atoms with E-state index in [1.54, 1.807) is 19.1 Å². The maximum atomic E-state index is 6.07. The first-order valence-electron chi connectivity index (χ1n) is 5.90. The first-order valence-corrected chi connectivity index (χ1v) is 7.05. The molecular formula is C15H16ClNOS. The number of halogens is 1. The van der Waals surface area contributed by atoms with Gasteiger partial charge < -0.3 is 4.74 Å². The van der Waals surface area contributed by atoms with E-state index in [-0.39, 0.29) is 0 Å². The molecule has 0 heterocycles. The topological polar surface area (TPSA) is 12.5 Å². The first kappa shape index (κ1) is 14.3. The van der Waals surface area contributed by atoms with Crippen molar-refractivity contribution in [2.45, 2.75) is 4.90 Å². The maximum absolute atomic E-state index is 6.07. The molecule has 0 aliphatic carbocycles. The minimum absolute atomic E-state index is 0.629. The van der Waals surface area contributed by atoms with Crippen LogP contribution in [0.1, 0.15) is 0 Å². The quantitative estimate of drug-likeness (QED) is 0.765. The van der Waals surface area contributed by atoms with Crippen LogP contribution in [0.2, 0.25) is 5.02 Å². The third-order valence-corrected chi connectivity index (χ3v) is 3.86. The van der Waals surface area contributed by atoms with E-state index in [2.05, 4.69) is 16.4 Å². The summed E-state index contributed by atoms with van der Waals surface area (Å²) >= 11 is 7.77. The predicted molar refractivity (Wildman–Crippen MR) is 83.0 cm³/mol. The lowest BCUT2D eigenvalue weighted by atomic mass is 10.1. The molecule has 2 nitrogen and oxygen atoms in total. The van der Waals surface area contributed by atoms with Gasteiger partial charge in [0, 0.05) is 4.90 Å². The molecule has 0 fully saturated rings. The number of rotatable bonds is 4. The molecule has 4 heteroatoms. The van der Waals surface area contributed by atoms with Crippen LogP contribution < -0.4 is 4.74 Å². The Balaban J connectivity index is 2.46. The molecule has 0 aromatic heterocycles. The molecule has 0 spiro atoms. The highest BCUT2D eigenvalue weighted by Gasteiger charge is 2.09. The zero-order valence-corrected chi connectivity index (χ0v) is 12.8. The van der Waals surface area contributed by atoms with Crippen molar-refractivity contribution >= 4 is 23.5 Å². The van der Waals surface area contributed by atoms with Gasteiger partial charge in [-0.15, -0.1) is 0 Å². The Morgan fingerprint density at radius 3 is 2.53 bits per heavy atom. The monoisotopic (exact) mass is 293 g/mol. The van der Waals surface area contributed by atoms with E-state index >= 15 is 0 Å². The minimum atomic E-state index is 0.629. The molecule has 0 saturated heterocycles. The summed E-state index contributed by atoms with van der Waals surface area (Å²) < 4.78 is 7.35. The van der Waals surface area contributed by atoms with Gasteiger partial charge in [-0.2, -0.15) is 0 Å². The van der Waals surface area contributed by atoms with Crippen molar-refractivity contribution in [3.05, 3.63) is 47.5 Å². The summed E-state index contributed by atoms with van der Waals surface area (Å²) in [5, 5.41) is 0.629. The minimum Gasteiger partial charge on any atom is -0.495 e. The first-order chi connectivity index (χ1) is 9.11. The SMILES string of the molecule is COc1cc(-c2ccccc2SN(C)C)ccc1Cl. The zero-order chi connectivity index (χ0) is 13.8. The molecule has 0 aliphatic rings. The van der Waals surface area contributed by atoms with Crippen molar-refractivity contribution in [3.63, 3.8) is 0 Å². The fourth-order valence-electron chi connectivity index (χ4n) is 1.81. The molecule has 100 valence electrons. The Morgan fingerprint density at radius 2 is 1.84 bits per heavy atom. The third-order valence-electron chi connectivity index (χ3n) is 2.63. The van der Waals surface area contributed by atoms with E-state index in [4.69, 9.17) is 16.3 Å². The molecule has 19 heavy (non-hydrogen) atoms. The summed E-state index contributed by atoms with van der Waals surface area (Å²) in [5.41, 5.74) is 2.28. The van der Waals surface area contributed by atoms with Gasteiger partial charge in [0.1, 0.15) is 5.75 Å². The van der Waals surface area contributed by atoms with Crippen LogP contribution in [0.5, 0.6) is 5.75 Å². The molecular weight excluding hydrogens is 278 g/mol. The molecule has 2 aromatic carbocycles. The lowest BCUT2D eigenvalue weighted by Gasteiger charge is -2.14. The Kier molecular flexibility index (Phi) is 4.75. The van der Waals surface area contributed by atoms with Crippen molar-refractivity contribution in [1.82, 2.24) is 4.31 Å². The van der Waals surface area contributed by atoms with Crippen LogP contribution in [0.3, 0.4) is 0 Å². The van der Waals surface area contributed by atoms with Crippen molar-refractivity contribution in [2.24, 2.45) is 0 Å². The summed E-state index contributed by atoms with van der Waals surface area (Å²) in [7, 11) is 5.69. The Bertz CT molecular complexity index is 572. The van der Waals surface area contributed by atoms with Gasteiger partial charge in [-0.1, -0.05) is 35.9 Å². The second kappa shape index (κ2) is 6.33. The van der Waals surface area contributed by atoms with Gasteiger partial charge in [-0.3, -0.25) is 4.31 Å². The number of nitrogens with zero attached hydrogens (tertiary/aromatic N) is 1. The molecule has 2 rings (SSSR count). The fourth-order valence-corrected chi connectivity index (χ4v) is 2.82. The highest BCUT2D eigenvalue weighted by atomic mass is 35.5. The maximum Gasteiger partial charge on any atom is 0.138 e. The van der Waals surface area contributed by atoms with E-state index in [0.717, 1.165) is 5.56 Å². The van der Waals surface area contributed by atoms with Crippen LogP contribution in [-0.4, -0.2) is 25.5 Å². The van der Waals surface area contributed by atoms with Crippen LogP contribution >= 0.6 is 23.5 Å². The van der Waals surface area contributed by atoms with E-state index < -0.39 is 0 Å². The van der Waals surface area contributed by atoms with E-state index in [1.807, 2.05) is 44.4 Å². The van der Waals surface area contributed by atoms with Crippen LogP contribution in [0, 0.1) is 0 Å². The molecule has 0 unspecified atom stereocenters. The van der Waals surface area contributed by atoms with E-state index in [9.17, 15) is 0 Å². The van der Waals surface area contributed by atoms with Crippen LogP contribution in [0.15, 0.2) is 47.4 Å². The molecule has 0 saturated carbocycles. The summed E-state index contributed by atoms with van der Waals surface area (Å²) in [5.74, 6) is 0.698. The van der Waals surface area contributed by atoms with Gasteiger partial charge >= 0.3 is 0 Å². The molecule has 0 radical (unpaired) electrons. The highest BCUT2D eigenvalue weighted by molar-refractivity contribution is 7.97. The van der Waals surface area contributed by atoms with Crippen molar-refractivity contribution < 1.29 is 4.74 Å².